The Morgan fingerprint density at radius 1 is 1.26 bits per heavy atom. The molecule has 2 N–H and O–H groups in total. The Morgan fingerprint density at radius 3 is 2.65 bits per heavy atom. The van der Waals surface area contributed by atoms with Gasteiger partial charge in [0.2, 0.25) is 0 Å². The highest BCUT2D eigenvalue weighted by atomic mass is 35.5. The number of hydrogen-bond acceptors (Lipinski definition) is 5. The van der Waals surface area contributed by atoms with Crippen LogP contribution in [0.2, 0.25) is 10.0 Å². The monoisotopic (exact) mass is 353 g/mol. The van der Waals surface area contributed by atoms with E-state index in [-0.39, 0.29) is 22.0 Å². The van der Waals surface area contributed by atoms with E-state index in [0.29, 0.717) is 10.6 Å². The molecule has 2 rings (SSSR count). The van der Waals surface area contributed by atoms with Crippen LogP contribution in [-0.4, -0.2) is 22.2 Å². The molecule has 2 aromatic rings. The number of phenols is 1. The van der Waals surface area contributed by atoms with Gasteiger partial charge in [0.25, 0.3) is 11.6 Å². The summed E-state index contributed by atoms with van der Waals surface area (Å²) >= 11 is 11.6. The van der Waals surface area contributed by atoms with Gasteiger partial charge < -0.3 is 5.11 Å². The van der Waals surface area contributed by atoms with Gasteiger partial charge in [-0.2, -0.15) is 5.10 Å². The zero-order valence-electron chi connectivity index (χ0n) is 11.4. The molecule has 0 aromatic heterocycles. The first kappa shape index (κ1) is 16.7. The van der Waals surface area contributed by atoms with Crippen LogP contribution in [0.4, 0.5) is 5.69 Å². The van der Waals surface area contributed by atoms with Crippen LogP contribution in [0.1, 0.15) is 15.9 Å². The van der Waals surface area contributed by atoms with Gasteiger partial charge in [-0.1, -0.05) is 23.2 Å². The number of nitro benzene ring substituents is 1. The number of hydrogen-bond donors (Lipinski definition) is 2. The zero-order valence-corrected chi connectivity index (χ0v) is 12.9. The number of hydrazone groups is 1. The number of rotatable bonds is 4. The Kier molecular flexibility index (Phi) is 5.15. The number of carbonyl (C=O) groups is 1. The molecule has 0 unspecified atom stereocenters. The van der Waals surface area contributed by atoms with Crippen molar-refractivity contribution in [2.45, 2.75) is 0 Å². The molecular formula is C14H9Cl2N3O4. The highest BCUT2D eigenvalue weighted by molar-refractivity contribution is 6.34. The molecule has 1 amide bonds. The number of non-ortho nitro benzene ring substituents is 1. The molecule has 0 aliphatic heterocycles. The van der Waals surface area contributed by atoms with Crippen molar-refractivity contribution in [1.29, 1.82) is 0 Å². The van der Waals surface area contributed by atoms with Crippen molar-refractivity contribution in [1.82, 2.24) is 5.43 Å². The highest BCUT2D eigenvalue weighted by Crippen LogP contribution is 2.22. The lowest BCUT2D eigenvalue weighted by Crippen LogP contribution is -2.18. The molecule has 0 aliphatic rings. The number of nitro groups is 1. The molecule has 9 heteroatoms. The minimum absolute atomic E-state index is 0.0322. The van der Waals surface area contributed by atoms with Crippen LogP contribution in [0.25, 0.3) is 0 Å². The van der Waals surface area contributed by atoms with Gasteiger partial charge in [0, 0.05) is 22.7 Å². The fraction of sp³-hybridized carbons (Fsp3) is 0. The number of benzene rings is 2. The van der Waals surface area contributed by atoms with Crippen LogP contribution in [0.3, 0.4) is 0 Å². The standard InChI is InChI=1S/C14H9Cl2N3O4/c15-9-1-4-13(20)8(5-9)7-17-18-14(21)11-3-2-10(19(22)23)6-12(11)16/h1-7,20H,(H,18,21)/b17-7-. The Hall–Kier alpha value is -2.64. The summed E-state index contributed by atoms with van der Waals surface area (Å²) in [5, 5.41) is 24.2. The summed E-state index contributed by atoms with van der Waals surface area (Å²) in [7, 11) is 0. The SMILES string of the molecule is O=C(N/N=C\c1cc(Cl)ccc1O)c1ccc([N+](=O)[O-])cc1Cl. The molecule has 2 aromatic carbocycles. The largest absolute Gasteiger partial charge is 0.507 e. The third-order valence-electron chi connectivity index (χ3n) is 2.77. The molecule has 0 radical (unpaired) electrons. The maximum absolute atomic E-state index is 11.9. The van der Waals surface area contributed by atoms with Gasteiger partial charge >= 0.3 is 0 Å². The molecule has 0 heterocycles. The molecule has 23 heavy (non-hydrogen) atoms. The van der Waals surface area contributed by atoms with Crippen molar-refractivity contribution in [2.75, 3.05) is 0 Å². The fourth-order valence-corrected chi connectivity index (χ4v) is 2.09. The van der Waals surface area contributed by atoms with Crippen molar-refractivity contribution >= 4 is 41.0 Å². The first-order chi connectivity index (χ1) is 10.9. The van der Waals surface area contributed by atoms with Crippen molar-refractivity contribution in [3.63, 3.8) is 0 Å². The van der Waals surface area contributed by atoms with Crippen LogP contribution >= 0.6 is 23.2 Å². The van der Waals surface area contributed by atoms with Crippen LogP contribution < -0.4 is 5.43 Å². The molecule has 0 saturated carbocycles. The van der Waals surface area contributed by atoms with E-state index in [1.165, 1.54) is 30.5 Å². The zero-order chi connectivity index (χ0) is 17.0. The van der Waals surface area contributed by atoms with E-state index in [4.69, 9.17) is 23.2 Å². The van der Waals surface area contributed by atoms with Gasteiger partial charge in [0.15, 0.2) is 0 Å². The summed E-state index contributed by atoms with van der Waals surface area (Å²) < 4.78 is 0. The van der Waals surface area contributed by atoms with Gasteiger partial charge in [0.05, 0.1) is 21.7 Å². The van der Waals surface area contributed by atoms with Gasteiger partial charge in [-0.25, -0.2) is 5.43 Å². The maximum atomic E-state index is 11.9. The normalized spacial score (nSPS) is 10.7. The molecule has 0 atom stereocenters. The van der Waals surface area contributed by atoms with E-state index in [9.17, 15) is 20.0 Å². The molecule has 0 saturated heterocycles. The van der Waals surface area contributed by atoms with Crippen LogP contribution in [0.5, 0.6) is 5.75 Å². The van der Waals surface area contributed by atoms with E-state index in [0.717, 1.165) is 12.1 Å². The first-order valence-electron chi connectivity index (χ1n) is 6.14. The first-order valence-corrected chi connectivity index (χ1v) is 6.90. The van der Waals surface area contributed by atoms with Gasteiger partial charge in [-0.05, 0) is 24.3 Å². The van der Waals surface area contributed by atoms with Crippen molar-refractivity contribution in [3.8, 4) is 5.75 Å². The van der Waals surface area contributed by atoms with Crippen LogP contribution in [-0.2, 0) is 0 Å². The molecule has 0 fully saturated rings. The van der Waals surface area contributed by atoms with Gasteiger partial charge in [-0.15, -0.1) is 0 Å². The minimum Gasteiger partial charge on any atom is -0.507 e. The summed E-state index contributed by atoms with van der Waals surface area (Å²) in [5.74, 6) is -0.705. The number of carbonyl (C=O) groups excluding carboxylic acids is 1. The molecule has 0 aliphatic carbocycles. The summed E-state index contributed by atoms with van der Waals surface area (Å²) in [6.45, 7) is 0. The summed E-state index contributed by atoms with van der Waals surface area (Å²) in [6.07, 6.45) is 1.21. The summed E-state index contributed by atoms with van der Waals surface area (Å²) in [5.41, 5.74) is 2.33. The van der Waals surface area contributed by atoms with Crippen molar-refractivity contribution < 1.29 is 14.8 Å². The van der Waals surface area contributed by atoms with Crippen molar-refractivity contribution in [2.24, 2.45) is 5.10 Å². The molecule has 118 valence electrons. The fourth-order valence-electron chi connectivity index (χ4n) is 1.65. The Balaban J connectivity index is 2.12. The Morgan fingerprint density at radius 2 is 2.00 bits per heavy atom. The lowest BCUT2D eigenvalue weighted by atomic mass is 10.2. The number of aromatic hydroxyl groups is 1. The lowest BCUT2D eigenvalue weighted by molar-refractivity contribution is -0.384. The number of nitrogens with zero attached hydrogens (tertiary/aromatic N) is 2. The van der Waals surface area contributed by atoms with E-state index < -0.39 is 10.8 Å². The third kappa shape index (κ3) is 4.18. The highest BCUT2D eigenvalue weighted by Gasteiger charge is 2.14. The van der Waals surface area contributed by atoms with E-state index in [2.05, 4.69) is 10.5 Å². The van der Waals surface area contributed by atoms with Gasteiger partial charge in [0.1, 0.15) is 5.75 Å². The lowest BCUT2D eigenvalue weighted by Gasteiger charge is -2.03. The minimum atomic E-state index is -0.650. The quantitative estimate of drug-likeness (QED) is 0.499. The van der Waals surface area contributed by atoms with Crippen LogP contribution in [0, 0.1) is 10.1 Å². The number of halogens is 2. The topological polar surface area (TPSA) is 105 Å². The predicted molar refractivity (Wildman–Crippen MR) is 86.3 cm³/mol. The molecule has 7 nitrogen and oxygen atoms in total. The average molecular weight is 354 g/mol. The average Bonchev–Trinajstić information content (AvgIpc) is 2.50. The smallest absolute Gasteiger partial charge is 0.272 e. The molecule has 0 bridgehead atoms. The molecule has 0 spiro atoms. The van der Waals surface area contributed by atoms with E-state index in [1.54, 1.807) is 0 Å². The van der Waals surface area contributed by atoms with E-state index in [1.807, 2.05) is 0 Å². The number of phenolic OH excluding ortho intramolecular Hbond substituents is 1. The predicted octanol–water partition coefficient (Wildman–Crippen LogP) is 3.37. The van der Waals surface area contributed by atoms with Gasteiger partial charge in [-0.3, -0.25) is 14.9 Å². The van der Waals surface area contributed by atoms with Crippen molar-refractivity contribution in [3.05, 3.63) is 67.7 Å². The Bertz CT molecular complexity index is 809. The second-order valence-electron chi connectivity index (χ2n) is 4.32. The second-order valence-corrected chi connectivity index (χ2v) is 5.17. The maximum Gasteiger partial charge on any atom is 0.272 e. The van der Waals surface area contributed by atoms with Crippen LogP contribution in [0.15, 0.2) is 41.5 Å². The Labute approximate surface area is 140 Å². The molecular weight excluding hydrogens is 345 g/mol. The summed E-state index contributed by atoms with van der Waals surface area (Å²) in [6, 6.07) is 7.81. The number of amides is 1. The summed E-state index contributed by atoms with van der Waals surface area (Å²) in [4.78, 5) is 21.9. The third-order valence-corrected chi connectivity index (χ3v) is 3.32. The number of nitrogens with one attached hydrogen (secondary N) is 1. The second kappa shape index (κ2) is 7.08. The van der Waals surface area contributed by atoms with E-state index >= 15 is 0 Å².